The fraction of sp³-hybridized carbons (Fsp3) is 0.500. The standard InChI is InChI=1S/C14H18N2O5S/c1-6(13(20)21-14(2,3)4)7-5-22-11-8(15)10(17)16(11)9(7)12(18)19/h8,11H,1,5,15H2,2-4H3,(H,18,19). The molecule has 120 valence electrons. The van der Waals surface area contributed by atoms with Crippen molar-refractivity contribution in [1.29, 1.82) is 0 Å². The zero-order valence-corrected chi connectivity index (χ0v) is 13.4. The molecule has 2 heterocycles. The van der Waals surface area contributed by atoms with E-state index in [1.54, 1.807) is 20.8 Å². The van der Waals surface area contributed by atoms with Gasteiger partial charge in [-0.2, -0.15) is 0 Å². The van der Waals surface area contributed by atoms with Gasteiger partial charge in [-0.05, 0) is 20.8 Å². The Bertz CT molecular complexity index is 605. The summed E-state index contributed by atoms with van der Waals surface area (Å²) < 4.78 is 5.21. The maximum atomic E-state index is 12.1. The van der Waals surface area contributed by atoms with E-state index in [1.165, 1.54) is 11.8 Å². The number of esters is 1. The number of carboxylic acids is 1. The number of nitrogens with two attached hydrogens (primary N) is 1. The third kappa shape index (κ3) is 2.76. The van der Waals surface area contributed by atoms with Crippen molar-refractivity contribution in [3.63, 3.8) is 0 Å². The number of carbonyl (C=O) groups excluding carboxylic acids is 2. The van der Waals surface area contributed by atoms with Gasteiger partial charge in [-0.1, -0.05) is 6.58 Å². The molecule has 22 heavy (non-hydrogen) atoms. The molecule has 2 aliphatic heterocycles. The molecule has 1 fully saturated rings. The number of nitrogens with zero attached hydrogens (tertiary/aromatic N) is 1. The lowest BCUT2D eigenvalue weighted by Gasteiger charge is -2.48. The average molecular weight is 326 g/mol. The van der Waals surface area contributed by atoms with E-state index < -0.39 is 34.9 Å². The second kappa shape index (κ2) is 5.44. The molecule has 0 aromatic heterocycles. The van der Waals surface area contributed by atoms with Crippen LogP contribution in [-0.2, 0) is 19.1 Å². The van der Waals surface area contributed by atoms with E-state index in [4.69, 9.17) is 10.5 Å². The van der Waals surface area contributed by atoms with Gasteiger partial charge in [-0.3, -0.25) is 9.69 Å². The highest BCUT2D eigenvalue weighted by atomic mass is 32.2. The highest BCUT2D eigenvalue weighted by Crippen LogP contribution is 2.41. The lowest BCUT2D eigenvalue weighted by Crippen LogP contribution is -2.68. The number of carbonyl (C=O) groups is 3. The van der Waals surface area contributed by atoms with Crippen LogP contribution in [0.5, 0.6) is 0 Å². The molecule has 0 aliphatic carbocycles. The van der Waals surface area contributed by atoms with Crippen LogP contribution < -0.4 is 5.73 Å². The van der Waals surface area contributed by atoms with Crippen molar-refractivity contribution in [2.24, 2.45) is 5.73 Å². The van der Waals surface area contributed by atoms with Gasteiger partial charge < -0.3 is 15.6 Å². The molecule has 1 amide bonds. The van der Waals surface area contributed by atoms with Crippen LogP contribution >= 0.6 is 11.8 Å². The highest BCUT2D eigenvalue weighted by Gasteiger charge is 2.52. The first-order valence-corrected chi connectivity index (χ1v) is 7.69. The number of hydrogen-bond donors (Lipinski definition) is 2. The van der Waals surface area contributed by atoms with Crippen molar-refractivity contribution < 1.29 is 24.2 Å². The SMILES string of the molecule is C=C(C(=O)OC(C)(C)C)C1=C(C(=O)O)N2C(=O)C(N)C2SC1. The first kappa shape index (κ1) is 16.6. The smallest absolute Gasteiger partial charge is 0.352 e. The average Bonchev–Trinajstić information content (AvgIpc) is 2.41. The fourth-order valence-corrected chi connectivity index (χ4v) is 3.54. The minimum atomic E-state index is -1.29. The van der Waals surface area contributed by atoms with Crippen LogP contribution in [0.25, 0.3) is 0 Å². The van der Waals surface area contributed by atoms with Gasteiger partial charge >= 0.3 is 11.9 Å². The van der Waals surface area contributed by atoms with Crippen LogP contribution in [0.2, 0.25) is 0 Å². The lowest BCUT2D eigenvalue weighted by atomic mass is 10.00. The molecule has 3 N–H and O–H groups in total. The number of β-lactam (4-membered cyclic amide) rings is 1. The summed E-state index contributed by atoms with van der Waals surface area (Å²) in [5.41, 5.74) is 4.86. The normalized spacial score (nSPS) is 24.5. The van der Waals surface area contributed by atoms with Crippen molar-refractivity contribution in [1.82, 2.24) is 4.90 Å². The van der Waals surface area contributed by atoms with Gasteiger partial charge in [-0.25, -0.2) is 9.59 Å². The van der Waals surface area contributed by atoms with Crippen LogP contribution in [0, 0.1) is 0 Å². The van der Waals surface area contributed by atoms with Gasteiger partial charge in [0, 0.05) is 11.3 Å². The number of carboxylic acid groups (broad SMARTS) is 1. The van der Waals surface area contributed by atoms with Crippen LogP contribution in [0.4, 0.5) is 0 Å². The summed E-state index contributed by atoms with van der Waals surface area (Å²) in [4.78, 5) is 36.6. The summed E-state index contributed by atoms with van der Waals surface area (Å²) >= 11 is 1.31. The van der Waals surface area contributed by atoms with Crippen LogP contribution in [0.15, 0.2) is 23.4 Å². The van der Waals surface area contributed by atoms with E-state index in [9.17, 15) is 19.5 Å². The summed E-state index contributed by atoms with van der Waals surface area (Å²) in [6.45, 7) is 8.75. The van der Waals surface area contributed by atoms with Crippen molar-refractivity contribution in [2.45, 2.75) is 37.8 Å². The summed E-state index contributed by atoms with van der Waals surface area (Å²) in [6.07, 6.45) is 0. The third-order valence-electron chi connectivity index (χ3n) is 3.22. The predicted molar refractivity (Wildman–Crippen MR) is 80.7 cm³/mol. The Balaban J connectivity index is 2.35. The number of amides is 1. The summed E-state index contributed by atoms with van der Waals surface area (Å²) in [6, 6.07) is -0.712. The molecule has 1 saturated heterocycles. The van der Waals surface area contributed by atoms with E-state index >= 15 is 0 Å². The number of fused-ring (bicyclic) bond motifs is 1. The Morgan fingerprint density at radius 2 is 2.05 bits per heavy atom. The highest BCUT2D eigenvalue weighted by molar-refractivity contribution is 8.00. The van der Waals surface area contributed by atoms with E-state index in [0.717, 1.165) is 4.90 Å². The molecule has 0 bridgehead atoms. The zero-order chi connectivity index (χ0) is 16.8. The Morgan fingerprint density at radius 1 is 1.45 bits per heavy atom. The van der Waals surface area contributed by atoms with Crippen molar-refractivity contribution >= 4 is 29.6 Å². The van der Waals surface area contributed by atoms with Gasteiger partial charge in [0.1, 0.15) is 22.7 Å². The van der Waals surface area contributed by atoms with E-state index in [0.29, 0.717) is 0 Å². The quantitative estimate of drug-likeness (QED) is 0.440. The van der Waals surface area contributed by atoms with Gasteiger partial charge in [0.05, 0.1) is 5.57 Å². The molecule has 2 atom stereocenters. The molecule has 0 spiro atoms. The fourth-order valence-electron chi connectivity index (χ4n) is 2.21. The summed E-state index contributed by atoms with van der Waals surface area (Å²) in [7, 11) is 0. The molecule has 8 heteroatoms. The number of hydrogen-bond acceptors (Lipinski definition) is 6. The molecule has 0 radical (unpaired) electrons. The van der Waals surface area contributed by atoms with Crippen molar-refractivity contribution in [3.8, 4) is 0 Å². The molecule has 0 aromatic carbocycles. The predicted octanol–water partition coefficient (Wildman–Crippen LogP) is 0.465. The minimum absolute atomic E-state index is 0.0495. The molecular formula is C14H18N2O5S. The molecule has 2 aliphatic rings. The van der Waals surface area contributed by atoms with E-state index in [2.05, 4.69) is 6.58 Å². The molecule has 0 aromatic rings. The van der Waals surface area contributed by atoms with Gasteiger partial charge in [0.15, 0.2) is 0 Å². The van der Waals surface area contributed by atoms with Gasteiger partial charge in [-0.15, -0.1) is 11.8 Å². The molecular weight excluding hydrogens is 308 g/mol. The molecule has 0 saturated carbocycles. The number of ether oxygens (including phenoxy) is 1. The largest absolute Gasteiger partial charge is 0.477 e. The Kier molecular flexibility index (Phi) is 4.09. The van der Waals surface area contributed by atoms with Gasteiger partial charge in [0.25, 0.3) is 0 Å². The number of rotatable bonds is 3. The number of thioether (sulfide) groups is 1. The Labute approximate surface area is 132 Å². The van der Waals surface area contributed by atoms with Crippen molar-refractivity contribution in [2.75, 3.05) is 5.75 Å². The number of aliphatic carboxylic acids is 1. The first-order chi connectivity index (χ1) is 10.0. The maximum absolute atomic E-state index is 12.1. The monoisotopic (exact) mass is 326 g/mol. The Hall–Kier alpha value is -1.80. The minimum Gasteiger partial charge on any atom is -0.477 e. The molecule has 7 nitrogen and oxygen atoms in total. The van der Waals surface area contributed by atoms with Crippen molar-refractivity contribution in [3.05, 3.63) is 23.4 Å². The second-order valence-electron chi connectivity index (χ2n) is 6.05. The summed E-state index contributed by atoms with van der Waals surface area (Å²) in [5.74, 6) is -2.21. The van der Waals surface area contributed by atoms with Gasteiger partial charge in [0.2, 0.25) is 5.91 Å². The topological polar surface area (TPSA) is 110 Å². The first-order valence-electron chi connectivity index (χ1n) is 6.64. The van der Waals surface area contributed by atoms with Crippen LogP contribution in [0.3, 0.4) is 0 Å². The Morgan fingerprint density at radius 3 is 2.55 bits per heavy atom. The van der Waals surface area contributed by atoms with Crippen LogP contribution in [-0.4, -0.2) is 50.6 Å². The molecule has 2 rings (SSSR count). The van der Waals surface area contributed by atoms with Crippen LogP contribution in [0.1, 0.15) is 20.8 Å². The second-order valence-corrected chi connectivity index (χ2v) is 7.15. The molecule has 2 unspecified atom stereocenters. The summed E-state index contributed by atoms with van der Waals surface area (Å²) in [5, 5.41) is 8.99. The zero-order valence-electron chi connectivity index (χ0n) is 12.6. The van der Waals surface area contributed by atoms with E-state index in [1.807, 2.05) is 0 Å². The lowest BCUT2D eigenvalue weighted by molar-refractivity contribution is -0.150. The van der Waals surface area contributed by atoms with E-state index in [-0.39, 0.29) is 22.6 Å². The maximum Gasteiger partial charge on any atom is 0.352 e. The third-order valence-corrected chi connectivity index (χ3v) is 4.52.